The van der Waals surface area contributed by atoms with Gasteiger partial charge in [0.25, 0.3) is 0 Å². The molecule has 0 N–H and O–H groups in total. The van der Waals surface area contributed by atoms with Gasteiger partial charge in [0.1, 0.15) is 11.6 Å². The number of thioether (sulfide) groups is 1. The lowest BCUT2D eigenvalue weighted by atomic mass is 10.2. The molecule has 0 unspecified atom stereocenters. The summed E-state index contributed by atoms with van der Waals surface area (Å²) in [5.74, 6) is 1.04. The second-order valence-corrected chi connectivity index (χ2v) is 6.66. The quantitative estimate of drug-likeness (QED) is 0.605. The van der Waals surface area contributed by atoms with Crippen LogP contribution in [0.2, 0.25) is 0 Å². The molecule has 2 rings (SSSR count). The maximum atomic E-state index is 12.9. The van der Waals surface area contributed by atoms with E-state index in [0.29, 0.717) is 0 Å². The SMILES string of the molecule is Fc1ccc(CSCc2ccc(F)cc2Br)c(Br)c1. The van der Waals surface area contributed by atoms with E-state index in [-0.39, 0.29) is 11.6 Å². The number of hydrogen-bond acceptors (Lipinski definition) is 1. The van der Waals surface area contributed by atoms with Crippen molar-refractivity contribution in [3.63, 3.8) is 0 Å². The molecule has 0 fully saturated rings. The van der Waals surface area contributed by atoms with Crippen LogP contribution in [-0.2, 0) is 11.5 Å². The molecule has 0 radical (unpaired) electrons. The highest BCUT2D eigenvalue weighted by molar-refractivity contribution is 9.10. The lowest BCUT2D eigenvalue weighted by Crippen LogP contribution is -1.88. The molecular weight excluding hydrogens is 398 g/mol. The van der Waals surface area contributed by atoms with Gasteiger partial charge in [-0.05, 0) is 35.4 Å². The first-order chi connectivity index (χ1) is 9.06. The molecule has 0 atom stereocenters. The fraction of sp³-hybridized carbons (Fsp3) is 0.143. The Morgan fingerprint density at radius 3 is 1.58 bits per heavy atom. The second kappa shape index (κ2) is 6.86. The summed E-state index contributed by atoms with van der Waals surface area (Å²) < 4.78 is 27.4. The van der Waals surface area contributed by atoms with Gasteiger partial charge in [-0.15, -0.1) is 0 Å². The van der Waals surface area contributed by atoms with Crippen LogP contribution in [-0.4, -0.2) is 0 Å². The topological polar surface area (TPSA) is 0 Å². The van der Waals surface area contributed by atoms with E-state index in [1.54, 1.807) is 23.9 Å². The third-order valence-electron chi connectivity index (χ3n) is 2.55. The van der Waals surface area contributed by atoms with Gasteiger partial charge in [0.15, 0.2) is 0 Å². The molecule has 0 aromatic heterocycles. The number of benzene rings is 2. The zero-order valence-electron chi connectivity index (χ0n) is 9.80. The van der Waals surface area contributed by atoms with E-state index in [9.17, 15) is 8.78 Å². The highest BCUT2D eigenvalue weighted by atomic mass is 79.9. The third kappa shape index (κ3) is 4.29. The van der Waals surface area contributed by atoms with E-state index in [2.05, 4.69) is 31.9 Å². The third-order valence-corrected chi connectivity index (χ3v) is 5.05. The Morgan fingerprint density at radius 2 is 1.21 bits per heavy atom. The van der Waals surface area contributed by atoms with Crippen LogP contribution < -0.4 is 0 Å². The summed E-state index contributed by atoms with van der Waals surface area (Å²) in [4.78, 5) is 0. The average molecular weight is 408 g/mol. The van der Waals surface area contributed by atoms with Crippen LogP contribution >= 0.6 is 43.6 Å². The Bertz CT molecular complexity index is 536. The molecule has 0 saturated heterocycles. The predicted octanol–water partition coefficient (Wildman–Crippen LogP) is 5.92. The van der Waals surface area contributed by atoms with Gasteiger partial charge in [-0.25, -0.2) is 8.78 Å². The highest BCUT2D eigenvalue weighted by Crippen LogP contribution is 2.27. The smallest absolute Gasteiger partial charge is 0.124 e. The minimum Gasteiger partial charge on any atom is -0.207 e. The number of hydrogen-bond donors (Lipinski definition) is 0. The van der Waals surface area contributed by atoms with E-state index < -0.39 is 0 Å². The predicted molar refractivity (Wildman–Crippen MR) is 83.2 cm³/mol. The Labute approximate surface area is 131 Å². The largest absolute Gasteiger partial charge is 0.207 e. The van der Waals surface area contributed by atoms with E-state index in [1.165, 1.54) is 24.3 Å². The Kier molecular flexibility index (Phi) is 5.42. The highest BCUT2D eigenvalue weighted by Gasteiger charge is 2.04. The standard InChI is InChI=1S/C14H10Br2F2S/c15-13-5-11(17)3-1-9(13)7-19-8-10-2-4-12(18)6-14(10)16/h1-6H,7-8H2. The summed E-state index contributed by atoms with van der Waals surface area (Å²) in [5.41, 5.74) is 2.09. The lowest BCUT2D eigenvalue weighted by Gasteiger charge is -2.06. The molecule has 2 aromatic carbocycles. The molecule has 2 aromatic rings. The minimum absolute atomic E-state index is 0.248. The first-order valence-corrected chi connectivity index (χ1v) is 8.26. The van der Waals surface area contributed by atoms with Crippen LogP contribution in [0.1, 0.15) is 11.1 Å². The van der Waals surface area contributed by atoms with Gasteiger partial charge in [0.2, 0.25) is 0 Å². The van der Waals surface area contributed by atoms with Crippen molar-refractivity contribution < 1.29 is 8.78 Å². The summed E-state index contributed by atoms with van der Waals surface area (Å²) in [6.07, 6.45) is 0. The van der Waals surface area contributed by atoms with Crippen LogP contribution in [0, 0.1) is 11.6 Å². The van der Waals surface area contributed by atoms with Crippen LogP contribution in [0.4, 0.5) is 8.78 Å². The Balaban J connectivity index is 1.96. The number of rotatable bonds is 4. The normalized spacial score (nSPS) is 10.7. The fourth-order valence-electron chi connectivity index (χ4n) is 1.55. The molecular formula is C14H10Br2F2S. The van der Waals surface area contributed by atoms with Crippen LogP contribution in [0.5, 0.6) is 0 Å². The maximum Gasteiger partial charge on any atom is 0.124 e. The van der Waals surface area contributed by atoms with Crippen LogP contribution in [0.25, 0.3) is 0 Å². The first-order valence-electron chi connectivity index (χ1n) is 5.52. The van der Waals surface area contributed by atoms with Crippen molar-refractivity contribution in [2.75, 3.05) is 0 Å². The van der Waals surface area contributed by atoms with Gasteiger partial charge < -0.3 is 0 Å². The van der Waals surface area contributed by atoms with Crippen LogP contribution in [0.15, 0.2) is 45.3 Å². The molecule has 0 heterocycles. The fourth-order valence-corrected chi connectivity index (χ4v) is 3.95. The molecule has 0 aliphatic heterocycles. The maximum absolute atomic E-state index is 12.9. The van der Waals surface area contributed by atoms with Crippen molar-refractivity contribution in [2.24, 2.45) is 0 Å². The average Bonchev–Trinajstić information content (AvgIpc) is 2.34. The molecule has 0 bridgehead atoms. The first kappa shape index (κ1) is 15.0. The van der Waals surface area contributed by atoms with E-state index >= 15 is 0 Å². The molecule has 0 nitrogen and oxygen atoms in total. The molecule has 0 amide bonds. The van der Waals surface area contributed by atoms with Crippen molar-refractivity contribution in [1.29, 1.82) is 0 Å². The molecule has 0 saturated carbocycles. The molecule has 0 aliphatic carbocycles. The van der Waals surface area contributed by atoms with Gasteiger partial charge >= 0.3 is 0 Å². The minimum atomic E-state index is -0.248. The summed E-state index contributed by atoms with van der Waals surface area (Å²) in [5, 5.41) is 0. The molecule has 5 heteroatoms. The van der Waals surface area contributed by atoms with Gasteiger partial charge in [-0.2, -0.15) is 11.8 Å². The van der Waals surface area contributed by atoms with Gasteiger partial charge in [0, 0.05) is 20.5 Å². The second-order valence-electron chi connectivity index (χ2n) is 3.96. The van der Waals surface area contributed by atoms with Gasteiger partial charge in [-0.3, -0.25) is 0 Å². The zero-order valence-corrected chi connectivity index (χ0v) is 13.8. The monoisotopic (exact) mass is 406 g/mol. The Hall–Kier alpha value is -0.390. The Morgan fingerprint density at radius 1 is 0.789 bits per heavy atom. The van der Waals surface area contributed by atoms with E-state index in [4.69, 9.17) is 0 Å². The molecule has 19 heavy (non-hydrogen) atoms. The van der Waals surface area contributed by atoms with Crippen molar-refractivity contribution in [2.45, 2.75) is 11.5 Å². The number of halogens is 4. The summed E-state index contributed by atoms with van der Waals surface area (Å²) in [7, 11) is 0. The van der Waals surface area contributed by atoms with Gasteiger partial charge in [-0.1, -0.05) is 44.0 Å². The lowest BCUT2D eigenvalue weighted by molar-refractivity contribution is 0.626. The molecule has 0 aliphatic rings. The van der Waals surface area contributed by atoms with Crippen LogP contribution in [0.3, 0.4) is 0 Å². The summed E-state index contributed by atoms with van der Waals surface area (Å²) in [6.45, 7) is 0. The summed E-state index contributed by atoms with van der Waals surface area (Å²) in [6, 6.07) is 9.37. The van der Waals surface area contributed by atoms with Crippen molar-refractivity contribution in [3.8, 4) is 0 Å². The van der Waals surface area contributed by atoms with E-state index in [1.807, 2.05) is 0 Å². The van der Waals surface area contributed by atoms with Gasteiger partial charge in [0.05, 0.1) is 0 Å². The zero-order chi connectivity index (χ0) is 13.8. The van der Waals surface area contributed by atoms with Crippen molar-refractivity contribution >= 4 is 43.6 Å². The molecule has 0 spiro atoms. The summed E-state index contributed by atoms with van der Waals surface area (Å²) >= 11 is 8.39. The van der Waals surface area contributed by atoms with Crippen molar-refractivity contribution in [1.82, 2.24) is 0 Å². The van der Waals surface area contributed by atoms with E-state index in [0.717, 1.165) is 31.6 Å². The van der Waals surface area contributed by atoms with Crippen molar-refractivity contribution in [3.05, 3.63) is 68.1 Å². The molecule has 100 valence electrons.